The molecule has 0 amide bonds. The fourth-order valence-electron chi connectivity index (χ4n) is 2.46. The van der Waals surface area contributed by atoms with Crippen molar-refractivity contribution in [1.29, 1.82) is 0 Å². The Kier molecular flexibility index (Phi) is 3.51. The molecule has 0 saturated heterocycles. The fourth-order valence-corrected chi connectivity index (χ4v) is 2.46. The molecule has 0 spiro atoms. The van der Waals surface area contributed by atoms with Crippen molar-refractivity contribution in [3.05, 3.63) is 48.1 Å². The number of hydrogen-bond acceptors (Lipinski definition) is 4. The molecule has 1 N–H and O–H groups in total. The van der Waals surface area contributed by atoms with Gasteiger partial charge in [0.15, 0.2) is 0 Å². The molecule has 5 nitrogen and oxygen atoms in total. The van der Waals surface area contributed by atoms with Crippen LogP contribution in [-0.2, 0) is 4.79 Å². The Bertz CT molecular complexity index is 678. The first kappa shape index (κ1) is 13.5. The molecule has 2 aromatic rings. The van der Waals surface area contributed by atoms with Gasteiger partial charge in [-0.3, -0.25) is 4.79 Å². The highest BCUT2D eigenvalue weighted by atomic mass is 19.1. The minimum Gasteiger partial charge on any atom is -0.481 e. The minimum absolute atomic E-state index is 0.311. The Morgan fingerprint density at radius 3 is 2.67 bits per heavy atom. The first-order valence-corrected chi connectivity index (χ1v) is 6.62. The van der Waals surface area contributed by atoms with E-state index in [1.54, 1.807) is 12.1 Å². The highest BCUT2D eigenvalue weighted by molar-refractivity contribution is 5.71. The number of nitrogens with zero attached hydrogens (tertiary/aromatic N) is 2. The molecule has 1 aliphatic carbocycles. The molecule has 21 heavy (non-hydrogen) atoms. The van der Waals surface area contributed by atoms with Gasteiger partial charge in [0.25, 0.3) is 0 Å². The van der Waals surface area contributed by atoms with E-state index in [2.05, 4.69) is 10.1 Å². The Labute approximate surface area is 120 Å². The topological polar surface area (TPSA) is 76.2 Å². The molecule has 0 radical (unpaired) electrons. The maximum Gasteiger partial charge on any atom is 0.307 e. The lowest BCUT2D eigenvalue weighted by Gasteiger charge is -2.21. The average Bonchev–Trinajstić information content (AvgIpc) is 2.97. The number of aliphatic carboxylic acids is 1. The smallest absolute Gasteiger partial charge is 0.307 e. The van der Waals surface area contributed by atoms with Gasteiger partial charge in [0, 0.05) is 5.56 Å². The van der Waals surface area contributed by atoms with E-state index in [-0.39, 0.29) is 11.7 Å². The zero-order chi connectivity index (χ0) is 14.8. The van der Waals surface area contributed by atoms with Crippen molar-refractivity contribution < 1.29 is 18.8 Å². The molecule has 3 rings (SSSR count). The standard InChI is InChI=1S/C15H13FN2O3/c16-10-7-5-9(6-8-10)13-17-14(21-18-13)11-3-1-2-4-12(11)15(19)20/h1-2,5-8,11-12H,3-4H2,(H,19,20). The predicted molar refractivity (Wildman–Crippen MR) is 71.9 cm³/mol. The monoisotopic (exact) mass is 288 g/mol. The van der Waals surface area contributed by atoms with Crippen LogP contribution in [0.5, 0.6) is 0 Å². The van der Waals surface area contributed by atoms with Gasteiger partial charge in [0.1, 0.15) is 5.82 Å². The second-order valence-electron chi connectivity index (χ2n) is 4.96. The molecule has 0 saturated carbocycles. The Hall–Kier alpha value is -2.50. The highest BCUT2D eigenvalue weighted by Crippen LogP contribution is 2.34. The first-order valence-electron chi connectivity index (χ1n) is 6.62. The van der Waals surface area contributed by atoms with Crippen LogP contribution < -0.4 is 0 Å². The molecular weight excluding hydrogens is 275 g/mol. The van der Waals surface area contributed by atoms with Gasteiger partial charge < -0.3 is 9.63 Å². The number of carboxylic acids is 1. The third kappa shape index (κ3) is 2.69. The zero-order valence-electron chi connectivity index (χ0n) is 11.1. The fraction of sp³-hybridized carbons (Fsp3) is 0.267. The highest BCUT2D eigenvalue weighted by Gasteiger charge is 2.33. The van der Waals surface area contributed by atoms with Crippen LogP contribution in [-0.4, -0.2) is 21.2 Å². The van der Waals surface area contributed by atoms with E-state index in [9.17, 15) is 14.3 Å². The van der Waals surface area contributed by atoms with E-state index in [4.69, 9.17) is 4.52 Å². The summed E-state index contributed by atoms with van der Waals surface area (Å²) in [7, 11) is 0. The quantitative estimate of drug-likeness (QED) is 0.878. The van der Waals surface area contributed by atoms with Gasteiger partial charge in [-0.15, -0.1) is 0 Å². The summed E-state index contributed by atoms with van der Waals surface area (Å²) in [5.74, 6) is -1.45. The summed E-state index contributed by atoms with van der Waals surface area (Å²) in [6.45, 7) is 0. The molecule has 1 aliphatic rings. The first-order chi connectivity index (χ1) is 10.1. The van der Waals surface area contributed by atoms with Crippen LogP contribution in [0.25, 0.3) is 11.4 Å². The van der Waals surface area contributed by atoms with Crippen molar-refractivity contribution in [2.45, 2.75) is 18.8 Å². The van der Waals surface area contributed by atoms with Gasteiger partial charge in [0.2, 0.25) is 11.7 Å². The summed E-state index contributed by atoms with van der Waals surface area (Å²) in [5.41, 5.74) is 0.629. The Morgan fingerprint density at radius 2 is 1.95 bits per heavy atom. The van der Waals surface area contributed by atoms with Crippen molar-refractivity contribution in [3.8, 4) is 11.4 Å². The molecule has 1 aromatic carbocycles. The maximum atomic E-state index is 12.9. The number of allylic oxidation sites excluding steroid dienone is 2. The predicted octanol–water partition coefficient (Wildman–Crippen LogP) is 3.01. The minimum atomic E-state index is -0.870. The van der Waals surface area contributed by atoms with E-state index < -0.39 is 11.9 Å². The summed E-state index contributed by atoms with van der Waals surface area (Å²) in [4.78, 5) is 15.6. The van der Waals surface area contributed by atoms with E-state index >= 15 is 0 Å². The van der Waals surface area contributed by atoms with Crippen molar-refractivity contribution in [2.75, 3.05) is 0 Å². The second kappa shape index (κ2) is 5.47. The van der Waals surface area contributed by atoms with Crippen LogP contribution in [0, 0.1) is 11.7 Å². The molecule has 0 aliphatic heterocycles. The van der Waals surface area contributed by atoms with Crippen LogP contribution in [0.3, 0.4) is 0 Å². The number of aromatic nitrogens is 2. The SMILES string of the molecule is O=C(O)C1CC=CCC1c1nc(-c2ccc(F)cc2)no1. The van der Waals surface area contributed by atoms with Crippen LogP contribution >= 0.6 is 0 Å². The third-order valence-electron chi connectivity index (χ3n) is 3.61. The summed E-state index contributed by atoms with van der Waals surface area (Å²) in [6, 6.07) is 5.74. The van der Waals surface area contributed by atoms with E-state index in [1.165, 1.54) is 12.1 Å². The number of hydrogen-bond donors (Lipinski definition) is 1. The summed E-state index contributed by atoms with van der Waals surface area (Å²) < 4.78 is 18.1. The van der Waals surface area contributed by atoms with Crippen molar-refractivity contribution >= 4 is 5.97 Å². The molecular formula is C15H13FN2O3. The van der Waals surface area contributed by atoms with E-state index in [0.717, 1.165) is 0 Å². The molecule has 1 aromatic heterocycles. The normalized spacial score (nSPS) is 21.4. The van der Waals surface area contributed by atoms with Crippen molar-refractivity contribution in [3.63, 3.8) is 0 Å². The van der Waals surface area contributed by atoms with Crippen LogP contribution in [0.4, 0.5) is 4.39 Å². The molecule has 1 heterocycles. The van der Waals surface area contributed by atoms with Gasteiger partial charge >= 0.3 is 5.97 Å². The molecule has 108 valence electrons. The number of halogens is 1. The summed E-state index contributed by atoms with van der Waals surface area (Å²) in [5, 5.41) is 13.1. The number of carbonyl (C=O) groups is 1. The van der Waals surface area contributed by atoms with Gasteiger partial charge in [-0.2, -0.15) is 4.98 Å². The number of rotatable bonds is 3. The van der Waals surface area contributed by atoms with Crippen molar-refractivity contribution in [2.24, 2.45) is 5.92 Å². The Morgan fingerprint density at radius 1 is 1.24 bits per heavy atom. The van der Waals surface area contributed by atoms with Crippen molar-refractivity contribution in [1.82, 2.24) is 10.1 Å². The lowest BCUT2D eigenvalue weighted by atomic mass is 9.83. The molecule has 0 fully saturated rings. The van der Waals surface area contributed by atoms with E-state index in [0.29, 0.717) is 30.1 Å². The van der Waals surface area contributed by atoms with Crippen LogP contribution in [0.15, 0.2) is 40.9 Å². The molecule has 0 bridgehead atoms. The molecule has 6 heteroatoms. The molecule has 2 unspecified atom stereocenters. The van der Waals surface area contributed by atoms with E-state index in [1.807, 2.05) is 12.2 Å². The van der Waals surface area contributed by atoms with Gasteiger partial charge in [-0.1, -0.05) is 17.3 Å². The lowest BCUT2D eigenvalue weighted by molar-refractivity contribution is -0.142. The largest absolute Gasteiger partial charge is 0.481 e. The zero-order valence-corrected chi connectivity index (χ0v) is 11.1. The summed E-state index contributed by atoms with van der Waals surface area (Å²) in [6.07, 6.45) is 4.79. The van der Waals surface area contributed by atoms with Crippen LogP contribution in [0.1, 0.15) is 24.7 Å². The van der Waals surface area contributed by atoms with Crippen LogP contribution in [0.2, 0.25) is 0 Å². The maximum absolute atomic E-state index is 12.9. The lowest BCUT2D eigenvalue weighted by Crippen LogP contribution is -2.23. The van der Waals surface area contributed by atoms with Gasteiger partial charge in [0.05, 0.1) is 11.8 Å². The Balaban J connectivity index is 1.88. The molecule has 2 atom stereocenters. The third-order valence-corrected chi connectivity index (χ3v) is 3.61. The van der Waals surface area contributed by atoms with Gasteiger partial charge in [-0.25, -0.2) is 4.39 Å². The number of benzene rings is 1. The summed E-state index contributed by atoms with van der Waals surface area (Å²) >= 11 is 0. The second-order valence-corrected chi connectivity index (χ2v) is 4.96. The van der Waals surface area contributed by atoms with Gasteiger partial charge in [-0.05, 0) is 37.1 Å². The number of carboxylic acid groups (broad SMARTS) is 1. The average molecular weight is 288 g/mol.